The Balaban J connectivity index is 2.12. The summed E-state index contributed by atoms with van der Waals surface area (Å²) in [7, 11) is 0. The number of hydrogen-bond donors (Lipinski definition) is 1. The third-order valence-corrected chi connectivity index (χ3v) is 3.82. The Kier molecular flexibility index (Phi) is 6.02. The smallest absolute Gasteiger partial charge is 0.410 e. The number of amides is 1. The molecular formula is C18H27NO4. The molecule has 0 unspecified atom stereocenters. The SMILES string of the molecule is CC(C)(C)OC(=O)N(Cc1ccc(CO)cc1)C1CCOCC1. The summed E-state index contributed by atoms with van der Waals surface area (Å²) in [6.07, 6.45) is 1.37. The fraction of sp³-hybridized carbons (Fsp3) is 0.611. The maximum absolute atomic E-state index is 12.6. The number of hydrogen-bond acceptors (Lipinski definition) is 4. The van der Waals surface area contributed by atoms with E-state index < -0.39 is 5.60 Å². The summed E-state index contributed by atoms with van der Waals surface area (Å²) in [4.78, 5) is 14.4. The summed E-state index contributed by atoms with van der Waals surface area (Å²) in [5.74, 6) is 0. The first-order valence-corrected chi connectivity index (χ1v) is 8.15. The van der Waals surface area contributed by atoms with E-state index in [-0.39, 0.29) is 18.7 Å². The normalized spacial score (nSPS) is 16.2. The quantitative estimate of drug-likeness (QED) is 0.926. The maximum atomic E-state index is 12.6. The molecule has 2 rings (SSSR count). The molecule has 1 saturated heterocycles. The van der Waals surface area contributed by atoms with Gasteiger partial charge >= 0.3 is 6.09 Å². The molecule has 1 heterocycles. The fourth-order valence-corrected chi connectivity index (χ4v) is 2.61. The summed E-state index contributed by atoms with van der Waals surface area (Å²) in [5.41, 5.74) is 1.38. The molecule has 0 spiro atoms. The molecule has 5 nitrogen and oxygen atoms in total. The number of rotatable bonds is 4. The minimum atomic E-state index is -0.513. The average Bonchev–Trinajstić information content (AvgIpc) is 2.52. The number of aliphatic hydroxyl groups excluding tert-OH is 1. The fourth-order valence-electron chi connectivity index (χ4n) is 2.61. The lowest BCUT2D eigenvalue weighted by atomic mass is 10.1. The Hall–Kier alpha value is -1.59. The lowest BCUT2D eigenvalue weighted by Crippen LogP contribution is -2.45. The predicted octanol–water partition coefficient (Wildman–Crippen LogP) is 3.10. The van der Waals surface area contributed by atoms with E-state index in [2.05, 4.69) is 0 Å². The Labute approximate surface area is 138 Å². The molecule has 1 amide bonds. The summed E-state index contributed by atoms with van der Waals surface area (Å²) >= 11 is 0. The number of aliphatic hydroxyl groups is 1. The molecule has 5 heteroatoms. The maximum Gasteiger partial charge on any atom is 0.410 e. The molecule has 0 bridgehead atoms. The molecule has 0 atom stereocenters. The Morgan fingerprint density at radius 1 is 1.22 bits per heavy atom. The largest absolute Gasteiger partial charge is 0.444 e. The van der Waals surface area contributed by atoms with Gasteiger partial charge in [0.25, 0.3) is 0 Å². The van der Waals surface area contributed by atoms with Gasteiger partial charge in [-0.05, 0) is 44.7 Å². The summed E-state index contributed by atoms with van der Waals surface area (Å²) < 4.78 is 11.0. The number of nitrogens with zero attached hydrogens (tertiary/aromatic N) is 1. The summed E-state index contributed by atoms with van der Waals surface area (Å²) in [6, 6.07) is 7.79. The standard InChI is InChI=1S/C18H27NO4/c1-18(2,3)23-17(21)19(16-8-10-22-11-9-16)12-14-4-6-15(13-20)7-5-14/h4-7,16,20H,8-13H2,1-3H3. The van der Waals surface area contributed by atoms with Gasteiger partial charge in [0.05, 0.1) is 6.61 Å². The number of benzene rings is 1. The Bertz CT molecular complexity index is 501. The predicted molar refractivity (Wildman–Crippen MR) is 88.0 cm³/mol. The van der Waals surface area contributed by atoms with E-state index in [0.29, 0.717) is 19.8 Å². The molecule has 1 aliphatic rings. The van der Waals surface area contributed by atoms with Crippen LogP contribution in [0.4, 0.5) is 4.79 Å². The highest BCUT2D eigenvalue weighted by atomic mass is 16.6. The van der Waals surface area contributed by atoms with Crippen LogP contribution in [0, 0.1) is 0 Å². The number of carbonyl (C=O) groups excluding carboxylic acids is 1. The lowest BCUT2D eigenvalue weighted by Gasteiger charge is -2.35. The molecule has 1 aromatic rings. The van der Waals surface area contributed by atoms with Crippen molar-refractivity contribution in [2.45, 2.75) is 58.4 Å². The monoisotopic (exact) mass is 321 g/mol. The molecule has 0 saturated carbocycles. The molecule has 0 aromatic heterocycles. The number of ether oxygens (including phenoxy) is 2. The van der Waals surface area contributed by atoms with Crippen molar-refractivity contribution < 1.29 is 19.4 Å². The zero-order valence-electron chi connectivity index (χ0n) is 14.2. The van der Waals surface area contributed by atoms with Crippen LogP contribution in [0.2, 0.25) is 0 Å². The van der Waals surface area contributed by atoms with Gasteiger partial charge in [0, 0.05) is 25.8 Å². The molecular weight excluding hydrogens is 294 g/mol. The first-order valence-electron chi connectivity index (χ1n) is 8.15. The van der Waals surface area contributed by atoms with E-state index in [4.69, 9.17) is 14.6 Å². The van der Waals surface area contributed by atoms with Gasteiger partial charge in [-0.25, -0.2) is 4.79 Å². The van der Waals surface area contributed by atoms with Crippen molar-refractivity contribution in [2.75, 3.05) is 13.2 Å². The average molecular weight is 321 g/mol. The highest BCUT2D eigenvalue weighted by molar-refractivity contribution is 5.68. The first-order chi connectivity index (χ1) is 10.9. The van der Waals surface area contributed by atoms with Gasteiger partial charge in [-0.3, -0.25) is 0 Å². The molecule has 23 heavy (non-hydrogen) atoms. The van der Waals surface area contributed by atoms with E-state index in [9.17, 15) is 4.79 Å². The van der Waals surface area contributed by atoms with Crippen LogP contribution in [0.1, 0.15) is 44.7 Å². The summed E-state index contributed by atoms with van der Waals surface area (Å²) in [5, 5.41) is 9.13. The van der Waals surface area contributed by atoms with E-state index in [1.165, 1.54) is 0 Å². The van der Waals surface area contributed by atoms with Gasteiger partial charge in [-0.1, -0.05) is 24.3 Å². The number of carbonyl (C=O) groups is 1. The third-order valence-electron chi connectivity index (χ3n) is 3.82. The van der Waals surface area contributed by atoms with Crippen LogP contribution in [0.15, 0.2) is 24.3 Å². The van der Waals surface area contributed by atoms with Crippen molar-refractivity contribution in [1.29, 1.82) is 0 Å². The topological polar surface area (TPSA) is 59.0 Å². The Morgan fingerprint density at radius 2 is 1.78 bits per heavy atom. The minimum Gasteiger partial charge on any atom is -0.444 e. The van der Waals surface area contributed by atoms with Crippen molar-refractivity contribution in [1.82, 2.24) is 4.90 Å². The van der Waals surface area contributed by atoms with Crippen LogP contribution >= 0.6 is 0 Å². The van der Waals surface area contributed by atoms with Crippen LogP contribution < -0.4 is 0 Å². The van der Waals surface area contributed by atoms with Gasteiger partial charge < -0.3 is 19.5 Å². The van der Waals surface area contributed by atoms with Crippen molar-refractivity contribution >= 4 is 6.09 Å². The van der Waals surface area contributed by atoms with Gasteiger partial charge in [-0.2, -0.15) is 0 Å². The van der Waals surface area contributed by atoms with Gasteiger partial charge in [0.2, 0.25) is 0 Å². The second-order valence-corrected chi connectivity index (χ2v) is 6.93. The molecule has 1 aliphatic heterocycles. The van der Waals surface area contributed by atoms with Crippen LogP contribution in [0.25, 0.3) is 0 Å². The van der Waals surface area contributed by atoms with Crippen molar-refractivity contribution in [2.24, 2.45) is 0 Å². The summed E-state index contributed by atoms with van der Waals surface area (Å²) in [6.45, 7) is 7.51. The van der Waals surface area contributed by atoms with Crippen molar-refractivity contribution in [3.8, 4) is 0 Å². The second-order valence-electron chi connectivity index (χ2n) is 6.93. The van der Waals surface area contributed by atoms with Crippen LogP contribution in [0.5, 0.6) is 0 Å². The lowest BCUT2D eigenvalue weighted by molar-refractivity contribution is -0.00808. The molecule has 1 fully saturated rings. The molecule has 0 aliphatic carbocycles. The van der Waals surface area contributed by atoms with Crippen LogP contribution in [-0.4, -0.2) is 41.0 Å². The van der Waals surface area contributed by atoms with Crippen LogP contribution in [0.3, 0.4) is 0 Å². The molecule has 0 radical (unpaired) electrons. The zero-order valence-corrected chi connectivity index (χ0v) is 14.2. The minimum absolute atomic E-state index is 0.0238. The van der Waals surface area contributed by atoms with Crippen molar-refractivity contribution in [3.63, 3.8) is 0 Å². The van der Waals surface area contributed by atoms with Gasteiger partial charge in [-0.15, -0.1) is 0 Å². The highest BCUT2D eigenvalue weighted by Gasteiger charge is 2.29. The van der Waals surface area contributed by atoms with E-state index in [1.807, 2.05) is 49.9 Å². The molecule has 1 N–H and O–H groups in total. The van der Waals surface area contributed by atoms with E-state index in [1.54, 1.807) is 0 Å². The molecule has 1 aromatic carbocycles. The third kappa shape index (κ3) is 5.52. The van der Waals surface area contributed by atoms with Crippen molar-refractivity contribution in [3.05, 3.63) is 35.4 Å². The van der Waals surface area contributed by atoms with E-state index >= 15 is 0 Å². The molecule has 128 valence electrons. The van der Waals surface area contributed by atoms with E-state index in [0.717, 1.165) is 24.0 Å². The Morgan fingerprint density at radius 3 is 2.30 bits per heavy atom. The highest BCUT2D eigenvalue weighted by Crippen LogP contribution is 2.21. The zero-order chi connectivity index (χ0) is 16.9. The second kappa shape index (κ2) is 7.79. The van der Waals surface area contributed by atoms with Gasteiger partial charge in [0.1, 0.15) is 5.60 Å². The van der Waals surface area contributed by atoms with Gasteiger partial charge in [0.15, 0.2) is 0 Å². The first kappa shape index (κ1) is 17.8. The van der Waals surface area contributed by atoms with Crippen LogP contribution in [-0.2, 0) is 22.6 Å².